The molecule has 5 heteroatoms. The van der Waals surface area contributed by atoms with E-state index in [1.54, 1.807) is 27.9 Å². The molecule has 5 nitrogen and oxygen atoms in total. The molecule has 0 rings (SSSR count). The molecule has 0 saturated carbocycles. The molecule has 13 heavy (non-hydrogen) atoms. The van der Waals surface area contributed by atoms with Crippen LogP contribution in [0.2, 0.25) is 0 Å². The van der Waals surface area contributed by atoms with Crippen molar-refractivity contribution in [2.24, 2.45) is 5.41 Å². The van der Waals surface area contributed by atoms with Crippen molar-refractivity contribution in [2.75, 3.05) is 20.7 Å². The van der Waals surface area contributed by atoms with E-state index >= 15 is 0 Å². The van der Waals surface area contributed by atoms with Crippen molar-refractivity contribution in [1.29, 1.82) is 0 Å². The SMILES string of the molecule is CN(C)NC(=O)C(O)C(C)(C)CO. The van der Waals surface area contributed by atoms with E-state index in [9.17, 15) is 9.90 Å². The highest BCUT2D eigenvalue weighted by molar-refractivity contribution is 5.80. The molecule has 0 aromatic carbocycles. The van der Waals surface area contributed by atoms with Crippen LogP contribution in [0.15, 0.2) is 0 Å². The minimum atomic E-state index is -1.21. The van der Waals surface area contributed by atoms with E-state index in [2.05, 4.69) is 5.43 Å². The third-order valence-electron chi connectivity index (χ3n) is 1.73. The summed E-state index contributed by atoms with van der Waals surface area (Å²) < 4.78 is 0. The fraction of sp³-hybridized carbons (Fsp3) is 0.875. The van der Waals surface area contributed by atoms with Gasteiger partial charge in [-0.2, -0.15) is 0 Å². The van der Waals surface area contributed by atoms with Crippen LogP contribution in [0.1, 0.15) is 13.8 Å². The second-order valence-corrected chi connectivity index (χ2v) is 3.92. The van der Waals surface area contributed by atoms with Crippen LogP contribution in [-0.4, -0.2) is 47.9 Å². The second-order valence-electron chi connectivity index (χ2n) is 3.92. The largest absolute Gasteiger partial charge is 0.396 e. The van der Waals surface area contributed by atoms with E-state index in [0.29, 0.717) is 0 Å². The molecule has 1 unspecified atom stereocenters. The lowest BCUT2D eigenvalue weighted by Gasteiger charge is -2.28. The maximum absolute atomic E-state index is 11.2. The monoisotopic (exact) mass is 190 g/mol. The average Bonchev–Trinajstić information content (AvgIpc) is 2.01. The summed E-state index contributed by atoms with van der Waals surface area (Å²) in [6, 6.07) is 0. The lowest BCUT2D eigenvalue weighted by Crippen LogP contribution is -2.49. The van der Waals surface area contributed by atoms with Gasteiger partial charge in [0, 0.05) is 19.5 Å². The van der Waals surface area contributed by atoms with Crippen LogP contribution in [0.5, 0.6) is 0 Å². The minimum Gasteiger partial charge on any atom is -0.396 e. The Kier molecular flexibility index (Phi) is 4.32. The molecule has 0 aromatic rings. The van der Waals surface area contributed by atoms with Crippen molar-refractivity contribution in [1.82, 2.24) is 10.4 Å². The van der Waals surface area contributed by atoms with E-state index in [4.69, 9.17) is 5.11 Å². The number of nitrogens with one attached hydrogen (secondary N) is 1. The second kappa shape index (κ2) is 4.55. The first-order chi connectivity index (χ1) is 5.81. The van der Waals surface area contributed by atoms with Crippen LogP contribution < -0.4 is 5.43 Å². The van der Waals surface area contributed by atoms with E-state index in [-0.39, 0.29) is 6.61 Å². The highest BCUT2D eigenvalue weighted by Gasteiger charge is 2.33. The number of carbonyl (C=O) groups excluding carboxylic acids is 1. The van der Waals surface area contributed by atoms with Crippen molar-refractivity contribution in [2.45, 2.75) is 20.0 Å². The van der Waals surface area contributed by atoms with Crippen LogP contribution in [-0.2, 0) is 4.79 Å². The minimum absolute atomic E-state index is 0.241. The lowest BCUT2D eigenvalue weighted by molar-refractivity contribution is -0.141. The average molecular weight is 190 g/mol. The first-order valence-corrected chi connectivity index (χ1v) is 4.08. The van der Waals surface area contributed by atoms with Gasteiger partial charge in [0.15, 0.2) is 0 Å². The van der Waals surface area contributed by atoms with Gasteiger partial charge < -0.3 is 10.2 Å². The highest BCUT2D eigenvalue weighted by atomic mass is 16.3. The summed E-state index contributed by atoms with van der Waals surface area (Å²) >= 11 is 0. The maximum atomic E-state index is 11.2. The molecular weight excluding hydrogens is 172 g/mol. The first kappa shape index (κ1) is 12.3. The Labute approximate surface area is 78.3 Å². The number of aliphatic hydroxyl groups is 2. The molecule has 0 aromatic heterocycles. The number of amides is 1. The van der Waals surface area contributed by atoms with E-state index in [0.717, 1.165) is 0 Å². The number of carbonyl (C=O) groups is 1. The zero-order valence-electron chi connectivity index (χ0n) is 8.53. The maximum Gasteiger partial charge on any atom is 0.263 e. The number of aliphatic hydroxyl groups excluding tert-OH is 2. The van der Waals surface area contributed by atoms with Gasteiger partial charge in [-0.05, 0) is 0 Å². The van der Waals surface area contributed by atoms with Crippen molar-refractivity contribution in [3.63, 3.8) is 0 Å². The third-order valence-corrected chi connectivity index (χ3v) is 1.73. The van der Waals surface area contributed by atoms with Crippen molar-refractivity contribution < 1.29 is 15.0 Å². The molecule has 0 aliphatic carbocycles. The molecule has 0 saturated heterocycles. The topological polar surface area (TPSA) is 72.8 Å². The van der Waals surface area contributed by atoms with Crippen molar-refractivity contribution in [3.8, 4) is 0 Å². The normalized spacial score (nSPS) is 14.4. The van der Waals surface area contributed by atoms with Crippen LogP contribution in [0, 0.1) is 5.41 Å². The van der Waals surface area contributed by atoms with Gasteiger partial charge >= 0.3 is 0 Å². The number of rotatable bonds is 4. The first-order valence-electron chi connectivity index (χ1n) is 4.08. The smallest absolute Gasteiger partial charge is 0.263 e. The fourth-order valence-corrected chi connectivity index (χ4v) is 0.723. The third kappa shape index (κ3) is 3.71. The quantitative estimate of drug-likeness (QED) is 0.495. The molecule has 0 radical (unpaired) electrons. The molecule has 1 amide bonds. The Hall–Kier alpha value is -0.650. The number of hydrazine groups is 1. The zero-order valence-corrected chi connectivity index (χ0v) is 8.53. The summed E-state index contributed by atoms with van der Waals surface area (Å²) in [6.07, 6.45) is -1.21. The highest BCUT2D eigenvalue weighted by Crippen LogP contribution is 2.19. The van der Waals surface area contributed by atoms with Gasteiger partial charge in [-0.15, -0.1) is 0 Å². The van der Waals surface area contributed by atoms with Gasteiger partial charge in [-0.25, -0.2) is 5.01 Å². The van der Waals surface area contributed by atoms with Gasteiger partial charge in [-0.1, -0.05) is 13.8 Å². The molecule has 0 fully saturated rings. The summed E-state index contributed by atoms with van der Waals surface area (Å²) in [6.45, 7) is 2.99. The summed E-state index contributed by atoms with van der Waals surface area (Å²) in [5, 5.41) is 19.8. The van der Waals surface area contributed by atoms with Gasteiger partial charge in [-0.3, -0.25) is 10.2 Å². The van der Waals surface area contributed by atoms with E-state index in [1.807, 2.05) is 0 Å². The van der Waals surface area contributed by atoms with E-state index in [1.165, 1.54) is 5.01 Å². The van der Waals surface area contributed by atoms with Crippen LogP contribution >= 0.6 is 0 Å². The van der Waals surface area contributed by atoms with Crippen LogP contribution in [0.4, 0.5) is 0 Å². The molecule has 0 bridgehead atoms. The molecule has 1 atom stereocenters. The van der Waals surface area contributed by atoms with Gasteiger partial charge in [0.25, 0.3) is 5.91 Å². The Morgan fingerprint density at radius 1 is 1.54 bits per heavy atom. The molecule has 0 aliphatic rings. The Morgan fingerprint density at radius 2 is 2.00 bits per heavy atom. The molecule has 78 valence electrons. The summed E-state index contributed by atoms with van der Waals surface area (Å²) in [7, 11) is 3.30. The van der Waals surface area contributed by atoms with E-state index < -0.39 is 17.4 Å². The number of nitrogens with zero attached hydrogens (tertiary/aromatic N) is 1. The van der Waals surface area contributed by atoms with Gasteiger partial charge in [0.2, 0.25) is 0 Å². The van der Waals surface area contributed by atoms with Crippen molar-refractivity contribution in [3.05, 3.63) is 0 Å². The molecule has 3 N–H and O–H groups in total. The zero-order chi connectivity index (χ0) is 10.6. The molecule has 0 spiro atoms. The van der Waals surface area contributed by atoms with Crippen LogP contribution in [0.25, 0.3) is 0 Å². The van der Waals surface area contributed by atoms with Crippen LogP contribution in [0.3, 0.4) is 0 Å². The standard InChI is InChI=1S/C8H18N2O3/c1-8(2,5-11)6(12)7(13)9-10(3)4/h6,11-12H,5H2,1-4H3,(H,9,13). The van der Waals surface area contributed by atoms with Gasteiger partial charge in [0.05, 0.1) is 6.61 Å². The Balaban J connectivity index is 4.25. The Morgan fingerprint density at radius 3 is 2.31 bits per heavy atom. The molecule has 0 heterocycles. The molecular formula is C8H18N2O3. The number of hydrogen-bond donors (Lipinski definition) is 3. The van der Waals surface area contributed by atoms with Crippen molar-refractivity contribution >= 4 is 5.91 Å². The summed E-state index contributed by atoms with van der Waals surface area (Å²) in [5.74, 6) is -0.510. The summed E-state index contributed by atoms with van der Waals surface area (Å²) in [4.78, 5) is 11.2. The van der Waals surface area contributed by atoms with Gasteiger partial charge in [0.1, 0.15) is 6.10 Å². The fourth-order valence-electron chi connectivity index (χ4n) is 0.723. The predicted octanol–water partition coefficient (Wildman–Crippen LogP) is -1.04. The number of hydrogen-bond acceptors (Lipinski definition) is 4. The predicted molar refractivity (Wildman–Crippen MR) is 48.7 cm³/mol. The Bertz CT molecular complexity index is 180. The summed E-state index contributed by atoms with van der Waals surface area (Å²) in [5.41, 5.74) is 1.60. The molecule has 0 aliphatic heterocycles. The lowest BCUT2D eigenvalue weighted by atomic mass is 9.87.